The van der Waals surface area contributed by atoms with Gasteiger partial charge in [-0.1, -0.05) is 35.3 Å². The van der Waals surface area contributed by atoms with Crippen molar-refractivity contribution in [3.63, 3.8) is 0 Å². The van der Waals surface area contributed by atoms with Crippen LogP contribution in [0.2, 0.25) is 10.0 Å². The summed E-state index contributed by atoms with van der Waals surface area (Å²) in [5, 5.41) is 9.84. The van der Waals surface area contributed by atoms with Crippen LogP contribution >= 0.6 is 23.2 Å². The van der Waals surface area contributed by atoms with Crippen molar-refractivity contribution in [2.45, 2.75) is 6.92 Å². The highest BCUT2D eigenvalue weighted by Gasteiger charge is 2.16. The number of nitrogens with zero attached hydrogens (tertiary/aromatic N) is 1. The first-order valence-corrected chi connectivity index (χ1v) is 5.91. The highest BCUT2D eigenvalue weighted by atomic mass is 35.5. The van der Waals surface area contributed by atoms with Crippen LogP contribution in [-0.2, 0) is 0 Å². The van der Waals surface area contributed by atoms with Gasteiger partial charge in [0.25, 0.3) is 0 Å². The lowest BCUT2D eigenvalue weighted by molar-refractivity contribution is 0.0697. The zero-order chi connectivity index (χ0) is 13.3. The van der Waals surface area contributed by atoms with Gasteiger partial charge in [-0.3, -0.25) is 4.98 Å². The van der Waals surface area contributed by atoms with Gasteiger partial charge in [0, 0.05) is 11.3 Å². The first-order valence-electron chi connectivity index (χ1n) is 5.16. The molecule has 0 radical (unpaired) electrons. The molecule has 5 heteroatoms. The maximum Gasteiger partial charge on any atom is 0.337 e. The Hall–Kier alpha value is -1.58. The average Bonchev–Trinajstić information content (AvgIpc) is 2.32. The minimum Gasteiger partial charge on any atom is -0.478 e. The number of benzene rings is 1. The van der Waals surface area contributed by atoms with Crippen molar-refractivity contribution in [1.29, 1.82) is 0 Å². The molecule has 0 aliphatic rings. The van der Waals surface area contributed by atoms with Crippen molar-refractivity contribution in [2.24, 2.45) is 0 Å². The van der Waals surface area contributed by atoms with E-state index in [0.717, 1.165) is 0 Å². The van der Waals surface area contributed by atoms with E-state index in [1.165, 1.54) is 6.07 Å². The summed E-state index contributed by atoms with van der Waals surface area (Å²) in [5.74, 6) is -1.05. The van der Waals surface area contributed by atoms with E-state index in [-0.39, 0.29) is 5.56 Å². The molecule has 0 atom stereocenters. The summed E-state index contributed by atoms with van der Waals surface area (Å²) >= 11 is 12.0. The number of carboxylic acid groups (broad SMARTS) is 1. The molecule has 0 aliphatic carbocycles. The summed E-state index contributed by atoms with van der Waals surface area (Å²) in [7, 11) is 0. The highest BCUT2D eigenvalue weighted by Crippen LogP contribution is 2.34. The number of hydrogen-bond donors (Lipinski definition) is 1. The van der Waals surface area contributed by atoms with Gasteiger partial charge in [0.2, 0.25) is 0 Å². The van der Waals surface area contributed by atoms with E-state index in [1.54, 1.807) is 31.2 Å². The molecule has 1 N–H and O–H groups in total. The monoisotopic (exact) mass is 281 g/mol. The third kappa shape index (κ3) is 2.33. The van der Waals surface area contributed by atoms with Crippen molar-refractivity contribution in [3.8, 4) is 11.3 Å². The minimum atomic E-state index is -1.05. The molecule has 92 valence electrons. The molecule has 1 heterocycles. The fraction of sp³-hybridized carbons (Fsp3) is 0.0769. The molecular weight excluding hydrogens is 273 g/mol. The van der Waals surface area contributed by atoms with E-state index in [2.05, 4.69) is 4.98 Å². The van der Waals surface area contributed by atoms with Crippen molar-refractivity contribution in [1.82, 2.24) is 4.98 Å². The van der Waals surface area contributed by atoms with E-state index in [4.69, 9.17) is 28.3 Å². The molecule has 1 aromatic carbocycles. The SMILES string of the molecule is Cc1ccc(C(=O)O)c(-c2cccc(Cl)c2Cl)n1. The zero-order valence-electron chi connectivity index (χ0n) is 9.45. The number of aromatic nitrogens is 1. The molecule has 0 saturated heterocycles. The van der Waals surface area contributed by atoms with Crippen LogP contribution in [-0.4, -0.2) is 16.1 Å². The lowest BCUT2D eigenvalue weighted by atomic mass is 10.1. The third-order valence-electron chi connectivity index (χ3n) is 2.47. The molecule has 18 heavy (non-hydrogen) atoms. The van der Waals surface area contributed by atoms with Crippen LogP contribution in [0.4, 0.5) is 0 Å². The Morgan fingerprint density at radius 2 is 1.94 bits per heavy atom. The van der Waals surface area contributed by atoms with Gasteiger partial charge >= 0.3 is 5.97 Å². The Bertz CT molecular complexity index is 626. The van der Waals surface area contributed by atoms with Gasteiger partial charge in [0.05, 0.1) is 21.3 Å². The second-order valence-corrected chi connectivity index (χ2v) is 4.54. The molecular formula is C13H9Cl2NO2. The quantitative estimate of drug-likeness (QED) is 0.903. The number of hydrogen-bond acceptors (Lipinski definition) is 2. The molecule has 1 aromatic heterocycles. The molecule has 3 nitrogen and oxygen atoms in total. The number of carboxylic acids is 1. The number of pyridine rings is 1. The molecule has 2 aromatic rings. The molecule has 0 aliphatic heterocycles. The lowest BCUT2D eigenvalue weighted by Gasteiger charge is -2.09. The smallest absolute Gasteiger partial charge is 0.337 e. The van der Waals surface area contributed by atoms with Crippen LogP contribution in [0, 0.1) is 6.92 Å². The van der Waals surface area contributed by atoms with Crippen LogP contribution in [0.5, 0.6) is 0 Å². The van der Waals surface area contributed by atoms with Gasteiger partial charge in [-0.05, 0) is 25.1 Å². The van der Waals surface area contributed by atoms with Crippen LogP contribution < -0.4 is 0 Å². The fourth-order valence-corrected chi connectivity index (χ4v) is 2.01. The standard InChI is InChI=1S/C13H9Cl2NO2/c1-7-5-6-9(13(17)18)12(16-7)8-3-2-4-10(14)11(8)15/h2-6H,1H3,(H,17,18). The number of halogens is 2. The predicted molar refractivity (Wildman–Crippen MR) is 71.4 cm³/mol. The average molecular weight is 282 g/mol. The van der Waals surface area contributed by atoms with Crippen LogP contribution in [0.3, 0.4) is 0 Å². The highest BCUT2D eigenvalue weighted by molar-refractivity contribution is 6.43. The van der Waals surface area contributed by atoms with Crippen molar-refractivity contribution in [3.05, 3.63) is 51.6 Å². The van der Waals surface area contributed by atoms with E-state index in [9.17, 15) is 4.79 Å². The summed E-state index contributed by atoms with van der Waals surface area (Å²) in [5.41, 5.74) is 1.66. The number of carbonyl (C=O) groups is 1. The Morgan fingerprint density at radius 1 is 1.22 bits per heavy atom. The van der Waals surface area contributed by atoms with E-state index >= 15 is 0 Å². The molecule has 0 saturated carbocycles. The second kappa shape index (κ2) is 4.96. The summed E-state index contributed by atoms with van der Waals surface area (Å²) in [4.78, 5) is 15.4. The predicted octanol–water partition coefficient (Wildman–Crippen LogP) is 4.06. The molecule has 2 rings (SSSR count). The largest absolute Gasteiger partial charge is 0.478 e. The molecule has 0 fully saturated rings. The lowest BCUT2D eigenvalue weighted by Crippen LogP contribution is -2.03. The van der Waals surface area contributed by atoms with Crippen LogP contribution in [0.25, 0.3) is 11.3 Å². The van der Waals surface area contributed by atoms with Gasteiger partial charge in [0.1, 0.15) is 0 Å². The Kier molecular flexibility index (Phi) is 3.55. The van der Waals surface area contributed by atoms with E-state index in [1.807, 2.05) is 0 Å². The number of rotatable bonds is 2. The third-order valence-corrected chi connectivity index (χ3v) is 3.29. The van der Waals surface area contributed by atoms with Gasteiger partial charge in [0.15, 0.2) is 0 Å². The van der Waals surface area contributed by atoms with Crippen LogP contribution in [0.1, 0.15) is 16.1 Å². The minimum absolute atomic E-state index is 0.102. The Balaban J connectivity index is 2.73. The maximum atomic E-state index is 11.2. The fourth-order valence-electron chi connectivity index (χ4n) is 1.62. The Labute approximate surface area is 114 Å². The topological polar surface area (TPSA) is 50.2 Å². The normalized spacial score (nSPS) is 10.4. The molecule has 0 unspecified atom stereocenters. The maximum absolute atomic E-state index is 11.2. The van der Waals surface area contributed by atoms with Crippen molar-refractivity contribution < 1.29 is 9.90 Å². The van der Waals surface area contributed by atoms with E-state index in [0.29, 0.717) is 27.0 Å². The van der Waals surface area contributed by atoms with E-state index < -0.39 is 5.97 Å². The Morgan fingerprint density at radius 3 is 2.61 bits per heavy atom. The van der Waals surface area contributed by atoms with Gasteiger partial charge in [-0.15, -0.1) is 0 Å². The van der Waals surface area contributed by atoms with Crippen molar-refractivity contribution in [2.75, 3.05) is 0 Å². The van der Waals surface area contributed by atoms with Gasteiger partial charge in [-0.25, -0.2) is 4.79 Å². The summed E-state index contributed by atoms with van der Waals surface area (Å²) in [6, 6.07) is 8.20. The zero-order valence-corrected chi connectivity index (χ0v) is 11.0. The van der Waals surface area contributed by atoms with Crippen LogP contribution in [0.15, 0.2) is 30.3 Å². The van der Waals surface area contributed by atoms with Crippen molar-refractivity contribution >= 4 is 29.2 Å². The molecule has 0 spiro atoms. The summed E-state index contributed by atoms with van der Waals surface area (Å²) in [6.07, 6.45) is 0. The second-order valence-electron chi connectivity index (χ2n) is 3.76. The summed E-state index contributed by atoms with van der Waals surface area (Å²) < 4.78 is 0. The first kappa shape index (κ1) is 12.9. The number of aromatic carboxylic acids is 1. The van der Waals surface area contributed by atoms with Gasteiger partial charge in [-0.2, -0.15) is 0 Å². The summed E-state index contributed by atoms with van der Waals surface area (Å²) in [6.45, 7) is 1.79. The number of aryl methyl sites for hydroxylation is 1. The molecule has 0 amide bonds. The first-order chi connectivity index (χ1) is 8.50. The van der Waals surface area contributed by atoms with Gasteiger partial charge < -0.3 is 5.11 Å². The molecule has 0 bridgehead atoms.